The maximum atomic E-state index is 10.6. The summed E-state index contributed by atoms with van der Waals surface area (Å²) >= 11 is 0. The Labute approximate surface area is 87.5 Å². The second-order valence-corrected chi connectivity index (χ2v) is 3.74. The van der Waals surface area contributed by atoms with Crippen molar-refractivity contribution in [2.24, 2.45) is 7.05 Å². The smallest absolute Gasteiger partial charge is 0.311 e. The van der Waals surface area contributed by atoms with E-state index in [1.54, 1.807) is 4.57 Å². The molecule has 2 rings (SSSR count). The summed E-state index contributed by atoms with van der Waals surface area (Å²) in [6.07, 6.45) is 2.26. The van der Waals surface area contributed by atoms with Crippen molar-refractivity contribution in [1.82, 2.24) is 14.8 Å². The fraction of sp³-hybridized carbons (Fsp3) is 0.667. The second kappa shape index (κ2) is 3.88. The van der Waals surface area contributed by atoms with E-state index < -0.39 is 5.97 Å². The minimum Gasteiger partial charge on any atom is -0.481 e. The Morgan fingerprint density at radius 1 is 1.40 bits per heavy atom. The molecule has 1 saturated heterocycles. The summed E-state index contributed by atoms with van der Waals surface area (Å²) in [5, 5.41) is 16.6. The number of carboxylic acid groups (broad SMARTS) is 1. The molecule has 1 N–H and O–H groups in total. The lowest BCUT2D eigenvalue weighted by atomic mass is 10.4. The first-order valence-corrected chi connectivity index (χ1v) is 5.03. The number of aliphatic carboxylic acids is 1. The fourth-order valence-electron chi connectivity index (χ4n) is 1.83. The molecule has 82 valence electrons. The zero-order chi connectivity index (χ0) is 10.8. The Kier molecular flexibility index (Phi) is 2.57. The lowest BCUT2D eigenvalue weighted by Crippen LogP contribution is -2.22. The maximum absolute atomic E-state index is 10.6. The van der Waals surface area contributed by atoms with Crippen LogP contribution in [0.1, 0.15) is 18.7 Å². The Morgan fingerprint density at radius 2 is 2.07 bits per heavy atom. The topological polar surface area (TPSA) is 71.2 Å². The molecular weight excluding hydrogens is 196 g/mol. The molecule has 1 aliphatic heterocycles. The molecule has 0 atom stereocenters. The van der Waals surface area contributed by atoms with Crippen LogP contribution in [0.25, 0.3) is 0 Å². The average Bonchev–Trinajstić information content (AvgIpc) is 2.76. The first kappa shape index (κ1) is 9.95. The number of hydrogen-bond acceptors (Lipinski definition) is 4. The highest BCUT2D eigenvalue weighted by Crippen LogP contribution is 2.17. The summed E-state index contributed by atoms with van der Waals surface area (Å²) < 4.78 is 1.76. The van der Waals surface area contributed by atoms with Crippen LogP contribution in [-0.2, 0) is 18.3 Å². The normalized spacial score (nSPS) is 15.9. The number of anilines is 1. The Morgan fingerprint density at radius 3 is 2.67 bits per heavy atom. The van der Waals surface area contributed by atoms with Gasteiger partial charge in [0.2, 0.25) is 5.95 Å². The van der Waals surface area contributed by atoms with Gasteiger partial charge >= 0.3 is 5.97 Å². The van der Waals surface area contributed by atoms with Crippen LogP contribution in [0, 0.1) is 0 Å². The van der Waals surface area contributed by atoms with E-state index in [0.29, 0.717) is 5.82 Å². The van der Waals surface area contributed by atoms with Gasteiger partial charge in [-0.25, -0.2) is 0 Å². The van der Waals surface area contributed by atoms with Crippen LogP contribution in [0.4, 0.5) is 5.95 Å². The minimum absolute atomic E-state index is 0.0721. The van der Waals surface area contributed by atoms with Crippen LogP contribution in [0.3, 0.4) is 0 Å². The maximum Gasteiger partial charge on any atom is 0.311 e. The van der Waals surface area contributed by atoms with Crippen LogP contribution in [0.5, 0.6) is 0 Å². The summed E-state index contributed by atoms with van der Waals surface area (Å²) in [5.41, 5.74) is 0. The highest BCUT2D eigenvalue weighted by Gasteiger charge is 2.19. The van der Waals surface area contributed by atoms with Crippen LogP contribution in [-0.4, -0.2) is 38.9 Å². The molecule has 0 bridgehead atoms. The zero-order valence-corrected chi connectivity index (χ0v) is 8.68. The third-order valence-corrected chi connectivity index (χ3v) is 2.64. The average molecular weight is 210 g/mol. The number of carbonyl (C=O) groups is 1. The van der Waals surface area contributed by atoms with Crippen molar-refractivity contribution in [1.29, 1.82) is 0 Å². The van der Waals surface area contributed by atoms with E-state index in [9.17, 15) is 4.79 Å². The van der Waals surface area contributed by atoms with Crippen molar-refractivity contribution in [2.75, 3.05) is 18.0 Å². The first-order valence-electron chi connectivity index (χ1n) is 5.03. The van der Waals surface area contributed by atoms with Gasteiger partial charge in [0.25, 0.3) is 0 Å². The third kappa shape index (κ3) is 1.93. The van der Waals surface area contributed by atoms with E-state index in [4.69, 9.17) is 5.11 Å². The summed E-state index contributed by atoms with van der Waals surface area (Å²) in [6, 6.07) is 0. The second-order valence-electron chi connectivity index (χ2n) is 3.74. The molecule has 1 aromatic heterocycles. The van der Waals surface area contributed by atoms with Gasteiger partial charge in [0.1, 0.15) is 12.2 Å². The molecule has 1 aromatic rings. The molecule has 1 fully saturated rings. The fourth-order valence-corrected chi connectivity index (χ4v) is 1.83. The van der Waals surface area contributed by atoms with Crippen LogP contribution < -0.4 is 4.90 Å². The lowest BCUT2D eigenvalue weighted by molar-refractivity contribution is -0.136. The third-order valence-electron chi connectivity index (χ3n) is 2.64. The monoisotopic (exact) mass is 210 g/mol. The Hall–Kier alpha value is -1.59. The molecule has 2 heterocycles. The highest BCUT2D eigenvalue weighted by molar-refractivity contribution is 5.69. The van der Waals surface area contributed by atoms with Gasteiger partial charge in [-0.15, -0.1) is 10.2 Å². The quantitative estimate of drug-likeness (QED) is 0.762. The van der Waals surface area contributed by atoms with Gasteiger partial charge < -0.3 is 10.0 Å². The van der Waals surface area contributed by atoms with E-state index in [2.05, 4.69) is 15.1 Å². The van der Waals surface area contributed by atoms with Crippen molar-refractivity contribution in [3.63, 3.8) is 0 Å². The number of nitrogens with zero attached hydrogens (tertiary/aromatic N) is 4. The van der Waals surface area contributed by atoms with Gasteiger partial charge in [-0.2, -0.15) is 0 Å². The number of rotatable bonds is 3. The van der Waals surface area contributed by atoms with Crippen molar-refractivity contribution >= 4 is 11.9 Å². The molecule has 0 saturated carbocycles. The number of aromatic nitrogens is 3. The van der Waals surface area contributed by atoms with Crippen LogP contribution >= 0.6 is 0 Å². The minimum atomic E-state index is -0.876. The van der Waals surface area contributed by atoms with E-state index in [-0.39, 0.29) is 6.42 Å². The van der Waals surface area contributed by atoms with E-state index in [1.165, 1.54) is 12.8 Å². The van der Waals surface area contributed by atoms with Crippen LogP contribution in [0.2, 0.25) is 0 Å². The largest absolute Gasteiger partial charge is 0.481 e. The van der Waals surface area contributed by atoms with Crippen molar-refractivity contribution in [3.8, 4) is 0 Å². The summed E-state index contributed by atoms with van der Waals surface area (Å²) in [4.78, 5) is 12.7. The van der Waals surface area contributed by atoms with Gasteiger partial charge in [0.15, 0.2) is 0 Å². The highest BCUT2D eigenvalue weighted by atomic mass is 16.4. The number of carboxylic acids is 1. The Bertz CT molecular complexity index is 368. The standard InChI is InChI=1S/C9H14N4O2/c1-12-7(6-8(14)15)10-11-9(12)13-4-2-3-5-13/h2-6H2,1H3,(H,14,15). The van der Waals surface area contributed by atoms with Gasteiger partial charge in [-0.05, 0) is 12.8 Å². The molecule has 0 spiro atoms. The molecule has 1 aliphatic rings. The number of hydrogen-bond donors (Lipinski definition) is 1. The van der Waals surface area contributed by atoms with Gasteiger partial charge in [-0.1, -0.05) is 0 Å². The lowest BCUT2D eigenvalue weighted by Gasteiger charge is -2.15. The molecule has 0 aliphatic carbocycles. The molecule has 0 radical (unpaired) electrons. The van der Waals surface area contributed by atoms with E-state index in [1.807, 2.05) is 7.05 Å². The van der Waals surface area contributed by atoms with Gasteiger partial charge in [-0.3, -0.25) is 9.36 Å². The van der Waals surface area contributed by atoms with Crippen molar-refractivity contribution in [2.45, 2.75) is 19.3 Å². The van der Waals surface area contributed by atoms with Crippen molar-refractivity contribution in [3.05, 3.63) is 5.82 Å². The first-order chi connectivity index (χ1) is 7.18. The molecule has 0 unspecified atom stereocenters. The summed E-state index contributed by atoms with van der Waals surface area (Å²) in [7, 11) is 1.81. The molecule has 6 nitrogen and oxygen atoms in total. The molecule has 0 amide bonds. The SMILES string of the molecule is Cn1c(CC(=O)O)nnc1N1CCCC1. The molecule has 0 aromatic carbocycles. The Balaban J connectivity index is 2.18. The predicted octanol–water partition coefficient (Wildman–Crippen LogP) is 0.0424. The summed E-state index contributed by atoms with van der Waals surface area (Å²) in [6.45, 7) is 1.97. The van der Waals surface area contributed by atoms with Crippen molar-refractivity contribution < 1.29 is 9.90 Å². The molecule has 6 heteroatoms. The molecule has 15 heavy (non-hydrogen) atoms. The predicted molar refractivity (Wildman–Crippen MR) is 53.8 cm³/mol. The van der Waals surface area contributed by atoms with Gasteiger partial charge in [0.05, 0.1) is 0 Å². The van der Waals surface area contributed by atoms with Gasteiger partial charge in [0, 0.05) is 20.1 Å². The van der Waals surface area contributed by atoms with E-state index >= 15 is 0 Å². The van der Waals surface area contributed by atoms with E-state index in [0.717, 1.165) is 19.0 Å². The molecular formula is C9H14N4O2. The zero-order valence-electron chi connectivity index (χ0n) is 8.68. The summed E-state index contributed by atoms with van der Waals surface area (Å²) in [5.74, 6) is 0.409. The van der Waals surface area contributed by atoms with Crippen LogP contribution in [0.15, 0.2) is 0 Å².